The Morgan fingerprint density at radius 1 is 1.35 bits per heavy atom. The van der Waals surface area contributed by atoms with E-state index in [1.54, 1.807) is 12.4 Å². The number of hydrogen-bond acceptors (Lipinski definition) is 3. The van der Waals surface area contributed by atoms with E-state index in [1.165, 1.54) is 0 Å². The summed E-state index contributed by atoms with van der Waals surface area (Å²) in [7, 11) is 0. The normalized spacial score (nSPS) is 16.9. The number of aryl methyl sites for hydroxylation is 1. The molecule has 1 aliphatic carbocycles. The van der Waals surface area contributed by atoms with Crippen LogP contribution in [0, 0.1) is 6.92 Å². The fourth-order valence-electron chi connectivity index (χ4n) is 2.03. The molecule has 17 heavy (non-hydrogen) atoms. The van der Waals surface area contributed by atoms with E-state index in [1.807, 2.05) is 13.0 Å². The van der Waals surface area contributed by atoms with Crippen LogP contribution in [0.25, 0.3) is 0 Å². The van der Waals surface area contributed by atoms with Gasteiger partial charge in [0.25, 0.3) is 5.91 Å². The molecule has 0 aliphatic heterocycles. The Labute approximate surface area is 100 Å². The predicted molar refractivity (Wildman–Crippen MR) is 63.7 cm³/mol. The number of carbonyl (C=O) groups is 2. The molecule has 0 saturated heterocycles. The predicted octanol–water partition coefficient (Wildman–Crippen LogP) is 1.63. The minimum atomic E-state index is -0.0967. The van der Waals surface area contributed by atoms with Crippen molar-refractivity contribution in [3.05, 3.63) is 29.6 Å². The van der Waals surface area contributed by atoms with Crippen LogP contribution >= 0.6 is 0 Å². The fourth-order valence-corrected chi connectivity index (χ4v) is 2.03. The van der Waals surface area contributed by atoms with E-state index >= 15 is 0 Å². The molecule has 1 saturated carbocycles. The van der Waals surface area contributed by atoms with Gasteiger partial charge in [0.15, 0.2) is 0 Å². The second-order valence-corrected chi connectivity index (χ2v) is 4.54. The second kappa shape index (κ2) is 5.08. The van der Waals surface area contributed by atoms with Crippen molar-refractivity contribution in [3.63, 3.8) is 0 Å². The SMILES string of the molecule is Cc1cncc(C(=O)NC2CCC(=O)CC2)c1. The van der Waals surface area contributed by atoms with Crippen LogP contribution in [0.3, 0.4) is 0 Å². The number of ketones is 1. The molecule has 2 rings (SSSR count). The highest BCUT2D eigenvalue weighted by molar-refractivity contribution is 5.94. The number of hydrogen-bond donors (Lipinski definition) is 1. The van der Waals surface area contributed by atoms with Crippen LogP contribution in [-0.4, -0.2) is 22.7 Å². The van der Waals surface area contributed by atoms with Crippen molar-refractivity contribution in [2.75, 3.05) is 0 Å². The second-order valence-electron chi connectivity index (χ2n) is 4.54. The molecular weight excluding hydrogens is 216 g/mol. The van der Waals surface area contributed by atoms with Crippen LogP contribution in [0.4, 0.5) is 0 Å². The lowest BCUT2D eigenvalue weighted by Gasteiger charge is -2.22. The van der Waals surface area contributed by atoms with Crippen LogP contribution in [0.15, 0.2) is 18.5 Å². The zero-order valence-corrected chi connectivity index (χ0v) is 9.90. The van der Waals surface area contributed by atoms with Gasteiger partial charge in [0, 0.05) is 31.3 Å². The van der Waals surface area contributed by atoms with E-state index in [0.717, 1.165) is 18.4 Å². The van der Waals surface area contributed by atoms with Crippen molar-refractivity contribution < 1.29 is 9.59 Å². The maximum absolute atomic E-state index is 11.9. The first kappa shape index (κ1) is 11.8. The zero-order chi connectivity index (χ0) is 12.3. The molecule has 0 aromatic carbocycles. The maximum Gasteiger partial charge on any atom is 0.253 e. The third kappa shape index (κ3) is 3.12. The number of rotatable bonds is 2. The molecular formula is C13H16N2O2. The van der Waals surface area contributed by atoms with Gasteiger partial charge >= 0.3 is 0 Å². The van der Waals surface area contributed by atoms with Crippen molar-refractivity contribution >= 4 is 11.7 Å². The summed E-state index contributed by atoms with van der Waals surface area (Å²) in [5, 5.41) is 2.95. The summed E-state index contributed by atoms with van der Waals surface area (Å²) in [5.41, 5.74) is 1.55. The number of pyridine rings is 1. The van der Waals surface area contributed by atoms with Crippen LogP contribution in [0.1, 0.15) is 41.6 Å². The fraction of sp³-hybridized carbons (Fsp3) is 0.462. The third-order valence-corrected chi connectivity index (χ3v) is 3.02. The average molecular weight is 232 g/mol. The van der Waals surface area contributed by atoms with Crippen molar-refractivity contribution in [2.24, 2.45) is 0 Å². The van der Waals surface area contributed by atoms with Gasteiger partial charge in [-0.1, -0.05) is 0 Å². The minimum Gasteiger partial charge on any atom is -0.349 e. The Kier molecular flexibility index (Phi) is 3.52. The first-order valence-corrected chi connectivity index (χ1v) is 5.89. The van der Waals surface area contributed by atoms with Gasteiger partial charge in [0.1, 0.15) is 5.78 Å². The number of nitrogens with one attached hydrogen (secondary N) is 1. The largest absolute Gasteiger partial charge is 0.349 e. The summed E-state index contributed by atoms with van der Waals surface area (Å²) in [6.07, 6.45) is 5.95. The van der Waals surface area contributed by atoms with E-state index in [2.05, 4.69) is 10.3 Å². The number of aromatic nitrogens is 1. The summed E-state index contributed by atoms with van der Waals surface area (Å²) in [5.74, 6) is 0.202. The lowest BCUT2D eigenvalue weighted by molar-refractivity contribution is -0.120. The Bertz CT molecular complexity index is 433. The van der Waals surface area contributed by atoms with E-state index in [4.69, 9.17) is 0 Å². The molecule has 1 heterocycles. The molecule has 0 spiro atoms. The van der Waals surface area contributed by atoms with Gasteiger partial charge in [0.05, 0.1) is 5.56 Å². The Balaban J connectivity index is 1.95. The topological polar surface area (TPSA) is 59.1 Å². The molecule has 90 valence electrons. The molecule has 0 bridgehead atoms. The first-order valence-electron chi connectivity index (χ1n) is 5.89. The molecule has 1 fully saturated rings. The average Bonchev–Trinajstić information content (AvgIpc) is 2.32. The molecule has 0 unspecified atom stereocenters. The van der Waals surface area contributed by atoms with Gasteiger partial charge in [-0.2, -0.15) is 0 Å². The van der Waals surface area contributed by atoms with Crippen LogP contribution in [0.5, 0.6) is 0 Å². The van der Waals surface area contributed by atoms with E-state index < -0.39 is 0 Å². The van der Waals surface area contributed by atoms with E-state index in [0.29, 0.717) is 24.2 Å². The Morgan fingerprint density at radius 2 is 2.06 bits per heavy atom. The molecule has 1 aromatic heterocycles. The number of Topliss-reactive ketones (excluding diaryl/α,β-unsaturated/α-hetero) is 1. The smallest absolute Gasteiger partial charge is 0.253 e. The lowest BCUT2D eigenvalue weighted by atomic mass is 9.94. The van der Waals surface area contributed by atoms with E-state index in [9.17, 15) is 9.59 Å². The number of amides is 1. The summed E-state index contributed by atoms with van der Waals surface area (Å²) in [4.78, 5) is 27.0. The molecule has 4 nitrogen and oxygen atoms in total. The highest BCUT2D eigenvalue weighted by Gasteiger charge is 2.20. The van der Waals surface area contributed by atoms with Gasteiger partial charge in [0.2, 0.25) is 0 Å². The van der Waals surface area contributed by atoms with E-state index in [-0.39, 0.29) is 11.9 Å². The summed E-state index contributed by atoms with van der Waals surface area (Å²) in [6.45, 7) is 1.91. The van der Waals surface area contributed by atoms with Crippen LogP contribution < -0.4 is 5.32 Å². The highest BCUT2D eigenvalue weighted by atomic mass is 16.1. The first-order chi connectivity index (χ1) is 8.15. The Morgan fingerprint density at radius 3 is 2.71 bits per heavy atom. The monoisotopic (exact) mass is 232 g/mol. The minimum absolute atomic E-state index is 0.0967. The van der Waals surface area contributed by atoms with Crippen LogP contribution in [-0.2, 0) is 4.79 Å². The molecule has 1 amide bonds. The molecule has 1 aromatic rings. The van der Waals surface area contributed by atoms with Gasteiger partial charge in [-0.3, -0.25) is 14.6 Å². The zero-order valence-electron chi connectivity index (χ0n) is 9.90. The van der Waals surface area contributed by atoms with Crippen LogP contribution in [0.2, 0.25) is 0 Å². The van der Waals surface area contributed by atoms with Crippen molar-refractivity contribution in [2.45, 2.75) is 38.6 Å². The van der Waals surface area contributed by atoms with Gasteiger partial charge in [-0.15, -0.1) is 0 Å². The standard InChI is InChI=1S/C13H16N2O2/c1-9-6-10(8-14-7-9)13(17)15-11-2-4-12(16)5-3-11/h6-8,11H,2-5H2,1H3,(H,15,17). The summed E-state index contributed by atoms with van der Waals surface area (Å²) in [6, 6.07) is 1.94. The van der Waals surface area contributed by atoms with Gasteiger partial charge in [-0.25, -0.2) is 0 Å². The quantitative estimate of drug-likeness (QED) is 0.843. The van der Waals surface area contributed by atoms with Crippen molar-refractivity contribution in [3.8, 4) is 0 Å². The van der Waals surface area contributed by atoms with Gasteiger partial charge in [-0.05, 0) is 31.4 Å². The number of carbonyl (C=O) groups excluding carboxylic acids is 2. The lowest BCUT2D eigenvalue weighted by Crippen LogP contribution is -2.37. The number of nitrogens with zero attached hydrogens (tertiary/aromatic N) is 1. The summed E-state index contributed by atoms with van der Waals surface area (Å²) >= 11 is 0. The molecule has 0 radical (unpaired) electrons. The molecule has 1 aliphatic rings. The van der Waals surface area contributed by atoms with Crippen molar-refractivity contribution in [1.29, 1.82) is 0 Å². The Hall–Kier alpha value is -1.71. The third-order valence-electron chi connectivity index (χ3n) is 3.02. The summed E-state index contributed by atoms with van der Waals surface area (Å²) < 4.78 is 0. The molecule has 0 atom stereocenters. The highest BCUT2D eigenvalue weighted by Crippen LogP contribution is 2.15. The molecule has 4 heteroatoms. The van der Waals surface area contributed by atoms with Crippen molar-refractivity contribution in [1.82, 2.24) is 10.3 Å². The van der Waals surface area contributed by atoms with Gasteiger partial charge < -0.3 is 5.32 Å². The molecule has 1 N–H and O–H groups in total. The maximum atomic E-state index is 11.9.